The molecule has 1 aliphatic rings. The minimum atomic E-state index is -1.02. The summed E-state index contributed by atoms with van der Waals surface area (Å²) in [5.41, 5.74) is 0. The summed E-state index contributed by atoms with van der Waals surface area (Å²) in [5.74, 6) is -4.21. The molecule has 1 rings (SSSR count). The van der Waals surface area contributed by atoms with Gasteiger partial charge in [0.15, 0.2) is 0 Å². The molecule has 1 heterocycles. The number of carbonyl (C=O) groups excluding carboxylic acids is 6. The van der Waals surface area contributed by atoms with E-state index in [4.69, 9.17) is 4.74 Å². The quantitative estimate of drug-likeness (QED) is 0.184. The predicted molar refractivity (Wildman–Crippen MR) is 168 cm³/mol. The van der Waals surface area contributed by atoms with Gasteiger partial charge in [0.2, 0.25) is 29.5 Å². The van der Waals surface area contributed by atoms with Crippen LogP contribution in [0.3, 0.4) is 0 Å². The molecule has 0 aromatic heterocycles. The minimum Gasteiger partial charge on any atom is -0.460 e. The lowest BCUT2D eigenvalue weighted by atomic mass is 9.94. The largest absolute Gasteiger partial charge is 0.460 e. The lowest BCUT2D eigenvalue weighted by Crippen LogP contribution is -2.58. The van der Waals surface area contributed by atoms with E-state index in [2.05, 4.69) is 33.5 Å². The van der Waals surface area contributed by atoms with Crippen LogP contribution < -0.4 is 26.6 Å². The first kappa shape index (κ1) is 38.8. The number of unbranched alkanes of at least 4 members (excludes halogenated alkanes) is 3. The highest BCUT2D eigenvalue weighted by Gasteiger charge is 2.34. The summed E-state index contributed by atoms with van der Waals surface area (Å²) in [7, 11) is 0. The average Bonchev–Trinajstić information content (AvgIpc) is 2.93. The number of esters is 1. The van der Waals surface area contributed by atoms with Gasteiger partial charge in [-0.05, 0) is 43.4 Å². The number of rotatable bonds is 10. The Labute approximate surface area is 263 Å². The van der Waals surface area contributed by atoms with Crippen molar-refractivity contribution < 1.29 is 33.5 Å². The van der Waals surface area contributed by atoms with Crippen molar-refractivity contribution in [3.8, 4) is 0 Å². The van der Waals surface area contributed by atoms with Crippen molar-refractivity contribution in [2.45, 2.75) is 138 Å². The SMILES string of the molecule is CCCCCC[C@H](C)[C@@H]1CC(=O)NCC(=O)N[C@@H](C(C)C)C(=O)N[C@H](CC(C)C)C(=O)N[C@@H](C)C(=O)N[C@@H](C(C)C)C(=O)O1. The second-order valence-electron chi connectivity index (χ2n) is 13.2. The molecule has 1 saturated heterocycles. The van der Waals surface area contributed by atoms with E-state index in [1.165, 1.54) is 6.92 Å². The van der Waals surface area contributed by atoms with Crippen LogP contribution in [0.15, 0.2) is 0 Å². The fourth-order valence-corrected chi connectivity index (χ4v) is 4.97. The molecule has 12 nitrogen and oxygen atoms in total. The normalized spacial score (nSPS) is 26.0. The van der Waals surface area contributed by atoms with Crippen molar-refractivity contribution in [3.63, 3.8) is 0 Å². The first-order valence-electron chi connectivity index (χ1n) is 16.2. The Kier molecular flexibility index (Phi) is 17.0. The van der Waals surface area contributed by atoms with Gasteiger partial charge in [-0.1, -0.05) is 81.1 Å². The van der Waals surface area contributed by atoms with Gasteiger partial charge in [0, 0.05) is 0 Å². The molecule has 0 spiro atoms. The summed E-state index contributed by atoms with van der Waals surface area (Å²) in [5, 5.41) is 13.3. The van der Waals surface area contributed by atoms with Gasteiger partial charge >= 0.3 is 5.97 Å². The number of ether oxygens (including phenoxy) is 1. The molecule has 1 aliphatic heterocycles. The number of hydrogen-bond donors (Lipinski definition) is 5. The van der Waals surface area contributed by atoms with Gasteiger partial charge in [0.1, 0.15) is 30.3 Å². The standard InChI is InChI=1S/C32H57N5O7/c1-10-11-12-13-14-21(8)24-16-25(38)33-17-26(39)36-27(19(4)5)31(42)35-23(15-18(2)3)30(41)34-22(9)29(40)37-28(20(6)7)32(43)44-24/h18-24,27-28H,10-17H2,1-9H3,(H,33,38)(H,34,41)(H,35,42)(H,36,39)(H,37,40)/t21-,22-,23+,24-,27-,28-/m0/s1. The first-order valence-corrected chi connectivity index (χ1v) is 16.2. The van der Waals surface area contributed by atoms with Crippen LogP contribution in [-0.4, -0.2) is 72.3 Å². The molecule has 5 amide bonds. The van der Waals surface area contributed by atoms with Crippen molar-refractivity contribution in [1.82, 2.24) is 26.6 Å². The van der Waals surface area contributed by atoms with Gasteiger partial charge < -0.3 is 31.3 Å². The lowest BCUT2D eigenvalue weighted by molar-refractivity contribution is -0.158. The highest BCUT2D eigenvalue weighted by Crippen LogP contribution is 2.21. The van der Waals surface area contributed by atoms with Crippen molar-refractivity contribution in [2.75, 3.05) is 6.54 Å². The van der Waals surface area contributed by atoms with E-state index in [0.29, 0.717) is 6.42 Å². The maximum Gasteiger partial charge on any atom is 0.329 e. The summed E-state index contributed by atoms with van der Waals surface area (Å²) in [4.78, 5) is 78.9. The van der Waals surface area contributed by atoms with E-state index in [1.807, 2.05) is 20.8 Å². The molecule has 0 bridgehead atoms. The molecule has 44 heavy (non-hydrogen) atoms. The third-order valence-corrected chi connectivity index (χ3v) is 7.82. The van der Waals surface area contributed by atoms with Gasteiger partial charge in [-0.3, -0.25) is 24.0 Å². The smallest absolute Gasteiger partial charge is 0.329 e. The van der Waals surface area contributed by atoms with Crippen molar-refractivity contribution in [3.05, 3.63) is 0 Å². The zero-order chi connectivity index (χ0) is 33.6. The fourth-order valence-electron chi connectivity index (χ4n) is 4.97. The van der Waals surface area contributed by atoms with Crippen LogP contribution in [0.25, 0.3) is 0 Å². The Morgan fingerprint density at radius 1 is 0.727 bits per heavy atom. The van der Waals surface area contributed by atoms with E-state index >= 15 is 0 Å². The maximum atomic E-state index is 13.4. The number of nitrogens with one attached hydrogen (secondary N) is 5. The molecule has 252 valence electrons. The van der Waals surface area contributed by atoms with Gasteiger partial charge in [-0.25, -0.2) is 4.79 Å². The molecular formula is C32H57N5O7. The van der Waals surface area contributed by atoms with Gasteiger partial charge in [0.25, 0.3) is 0 Å². The lowest BCUT2D eigenvalue weighted by Gasteiger charge is -2.29. The Morgan fingerprint density at radius 2 is 1.36 bits per heavy atom. The second kappa shape index (κ2) is 19.3. The summed E-state index contributed by atoms with van der Waals surface area (Å²) in [6, 6.07) is -3.98. The monoisotopic (exact) mass is 623 g/mol. The molecular weight excluding hydrogens is 566 g/mol. The van der Waals surface area contributed by atoms with E-state index in [0.717, 1.165) is 32.1 Å². The topological polar surface area (TPSA) is 172 Å². The number of amides is 5. The first-order chi connectivity index (χ1) is 20.6. The molecule has 1 fully saturated rings. The van der Waals surface area contributed by atoms with Crippen LogP contribution in [0, 0.1) is 23.7 Å². The third kappa shape index (κ3) is 13.6. The van der Waals surface area contributed by atoms with Crippen molar-refractivity contribution in [2.24, 2.45) is 23.7 Å². The van der Waals surface area contributed by atoms with Crippen LogP contribution >= 0.6 is 0 Å². The van der Waals surface area contributed by atoms with E-state index < -0.39 is 65.8 Å². The minimum absolute atomic E-state index is 0.0289. The third-order valence-electron chi connectivity index (χ3n) is 7.82. The van der Waals surface area contributed by atoms with Crippen LogP contribution in [-0.2, 0) is 33.5 Å². The Hall–Kier alpha value is -3.18. The Balaban J connectivity index is 3.38. The van der Waals surface area contributed by atoms with Crippen molar-refractivity contribution >= 4 is 35.5 Å². The zero-order valence-corrected chi connectivity index (χ0v) is 28.2. The van der Waals surface area contributed by atoms with Crippen LogP contribution in [0.2, 0.25) is 0 Å². The summed E-state index contributed by atoms with van der Waals surface area (Å²) in [6.07, 6.45) is 4.16. The Morgan fingerprint density at radius 3 is 1.93 bits per heavy atom. The molecule has 0 aromatic carbocycles. The van der Waals surface area contributed by atoms with Gasteiger partial charge in [0.05, 0.1) is 13.0 Å². The van der Waals surface area contributed by atoms with E-state index in [9.17, 15) is 28.8 Å². The summed E-state index contributed by atoms with van der Waals surface area (Å²) in [6.45, 7) is 16.0. The average molecular weight is 624 g/mol. The number of carbonyl (C=O) groups is 6. The molecule has 0 saturated carbocycles. The fraction of sp³-hybridized carbons (Fsp3) is 0.812. The van der Waals surface area contributed by atoms with E-state index in [-0.39, 0.29) is 36.6 Å². The highest BCUT2D eigenvalue weighted by atomic mass is 16.5. The Bertz CT molecular complexity index is 984. The summed E-state index contributed by atoms with van der Waals surface area (Å²) < 4.78 is 5.88. The molecule has 5 N–H and O–H groups in total. The molecule has 0 radical (unpaired) electrons. The molecule has 12 heteroatoms. The van der Waals surface area contributed by atoms with Crippen LogP contribution in [0.4, 0.5) is 0 Å². The second-order valence-corrected chi connectivity index (χ2v) is 13.2. The summed E-state index contributed by atoms with van der Waals surface area (Å²) >= 11 is 0. The van der Waals surface area contributed by atoms with Crippen molar-refractivity contribution in [1.29, 1.82) is 0 Å². The number of cyclic esters (lactones) is 1. The number of hydrogen-bond acceptors (Lipinski definition) is 7. The maximum absolute atomic E-state index is 13.4. The molecule has 6 atom stereocenters. The van der Waals surface area contributed by atoms with Gasteiger partial charge in [-0.15, -0.1) is 0 Å². The van der Waals surface area contributed by atoms with Crippen LogP contribution in [0.5, 0.6) is 0 Å². The van der Waals surface area contributed by atoms with Crippen LogP contribution in [0.1, 0.15) is 107 Å². The molecule has 0 aromatic rings. The van der Waals surface area contributed by atoms with Gasteiger partial charge in [-0.2, -0.15) is 0 Å². The predicted octanol–water partition coefficient (Wildman–Crippen LogP) is 2.34. The highest BCUT2D eigenvalue weighted by molar-refractivity contribution is 5.95. The zero-order valence-electron chi connectivity index (χ0n) is 28.2. The molecule has 0 aliphatic carbocycles. The van der Waals surface area contributed by atoms with E-state index in [1.54, 1.807) is 27.7 Å². The molecule has 0 unspecified atom stereocenters.